The van der Waals surface area contributed by atoms with E-state index in [-0.39, 0.29) is 17.1 Å². The molecule has 1 aliphatic heterocycles. The zero-order chi connectivity index (χ0) is 21.8. The molecule has 3 aromatic heterocycles. The molecule has 9 nitrogen and oxygen atoms in total. The second-order valence-electron chi connectivity index (χ2n) is 8.16. The number of ether oxygens (including phenoxy) is 2. The van der Waals surface area contributed by atoms with Gasteiger partial charge in [-0.1, -0.05) is 18.5 Å². The number of H-pyrrole nitrogens is 1. The predicted molar refractivity (Wildman–Crippen MR) is 116 cm³/mol. The summed E-state index contributed by atoms with van der Waals surface area (Å²) in [5, 5.41) is 1.42. The molecule has 162 valence electrons. The number of esters is 1. The van der Waals surface area contributed by atoms with Crippen LogP contribution in [0.2, 0.25) is 5.02 Å². The van der Waals surface area contributed by atoms with Crippen LogP contribution in [0, 0.1) is 5.92 Å². The third-order valence-corrected chi connectivity index (χ3v) is 6.60. The van der Waals surface area contributed by atoms with Crippen molar-refractivity contribution in [1.82, 2.24) is 19.9 Å². The summed E-state index contributed by atoms with van der Waals surface area (Å²) in [7, 11) is 1.31. The number of rotatable bonds is 5. The first-order valence-corrected chi connectivity index (χ1v) is 10.6. The van der Waals surface area contributed by atoms with Crippen LogP contribution >= 0.6 is 11.6 Å². The van der Waals surface area contributed by atoms with Crippen molar-refractivity contribution in [2.75, 3.05) is 25.1 Å². The Kier molecular flexibility index (Phi) is 4.75. The number of carbonyl (C=O) groups excluding carboxylic acids is 1. The molecule has 0 amide bonds. The van der Waals surface area contributed by atoms with Gasteiger partial charge in [0, 0.05) is 30.5 Å². The maximum atomic E-state index is 11.8. The summed E-state index contributed by atoms with van der Waals surface area (Å²) in [6.07, 6.45) is 5.59. The lowest BCUT2D eigenvalue weighted by Crippen LogP contribution is -2.42. The van der Waals surface area contributed by atoms with Crippen molar-refractivity contribution in [3.8, 4) is 11.8 Å². The molecular weight excluding hydrogens is 420 g/mol. The Balaban J connectivity index is 1.54. The van der Waals surface area contributed by atoms with Gasteiger partial charge in [-0.05, 0) is 31.2 Å². The Bertz CT molecular complexity index is 1180. The van der Waals surface area contributed by atoms with Gasteiger partial charge in [0.1, 0.15) is 17.2 Å². The van der Waals surface area contributed by atoms with Crippen LogP contribution < -0.4 is 15.4 Å². The molecule has 3 aromatic rings. The van der Waals surface area contributed by atoms with Gasteiger partial charge in [-0.2, -0.15) is 9.97 Å². The third-order valence-electron chi connectivity index (χ3n) is 6.19. The van der Waals surface area contributed by atoms with E-state index in [1.54, 1.807) is 6.07 Å². The van der Waals surface area contributed by atoms with Gasteiger partial charge >= 0.3 is 12.0 Å². The van der Waals surface area contributed by atoms with Crippen LogP contribution in [0.3, 0.4) is 0 Å². The molecule has 31 heavy (non-hydrogen) atoms. The molecule has 1 saturated heterocycles. The minimum absolute atomic E-state index is 0.0293. The number of nitrogens with zero attached hydrogens (tertiary/aromatic N) is 4. The number of methoxy groups -OCH3 is 1. The molecule has 3 N–H and O–H groups in total. The van der Waals surface area contributed by atoms with Gasteiger partial charge in [-0.25, -0.2) is 4.79 Å². The smallest absolute Gasteiger partial charge is 0.339 e. The molecule has 10 heteroatoms. The Labute approximate surface area is 183 Å². The summed E-state index contributed by atoms with van der Waals surface area (Å²) in [6.45, 7) is 3.64. The van der Waals surface area contributed by atoms with Gasteiger partial charge in [0.25, 0.3) is 0 Å². The largest absolute Gasteiger partial charge is 0.465 e. The van der Waals surface area contributed by atoms with Crippen LogP contribution in [0.4, 0.5) is 5.82 Å². The number of hydrogen-bond donors (Lipinski definition) is 2. The van der Waals surface area contributed by atoms with Crippen LogP contribution in [0.1, 0.15) is 35.8 Å². The summed E-state index contributed by atoms with van der Waals surface area (Å²) in [4.78, 5) is 30.6. The van der Waals surface area contributed by atoms with E-state index in [1.807, 2.05) is 6.92 Å². The molecule has 2 fully saturated rings. The fourth-order valence-electron chi connectivity index (χ4n) is 4.24. The van der Waals surface area contributed by atoms with E-state index in [0.29, 0.717) is 22.3 Å². The van der Waals surface area contributed by atoms with E-state index in [1.165, 1.54) is 19.5 Å². The molecule has 2 atom stereocenters. The predicted octanol–water partition coefficient (Wildman–Crippen LogP) is 3.08. The van der Waals surface area contributed by atoms with Crippen LogP contribution in [-0.4, -0.2) is 51.6 Å². The van der Waals surface area contributed by atoms with E-state index in [9.17, 15) is 4.79 Å². The van der Waals surface area contributed by atoms with E-state index in [4.69, 9.17) is 31.8 Å². The Hall–Kier alpha value is -2.91. The molecule has 2 unspecified atom stereocenters. The van der Waals surface area contributed by atoms with Crippen molar-refractivity contribution in [2.45, 2.75) is 31.7 Å². The van der Waals surface area contributed by atoms with Crippen molar-refractivity contribution in [3.63, 3.8) is 0 Å². The Morgan fingerprint density at radius 1 is 1.42 bits per heavy atom. The minimum Gasteiger partial charge on any atom is -0.465 e. The molecule has 0 bridgehead atoms. The molecule has 0 radical (unpaired) electrons. The fraction of sp³-hybridized carbons (Fsp3) is 0.429. The number of anilines is 1. The van der Waals surface area contributed by atoms with Gasteiger partial charge in [0.05, 0.1) is 29.3 Å². The number of nitrogens with one attached hydrogen (secondary N) is 1. The number of carbonyl (C=O) groups is 1. The van der Waals surface area contributed by atoms with Crippen molar-refractivity contribution in [1.29, 1.82) is 0 Å². The molecule has 2 aliphatic rings. The molecular formula is C21H23ClN6O3. The number of piperidine rings is 1. The summed E-state index contributed by atoms with van der Waals surface area (Å²) >= 11 is 6.68. The summed E-state index contributed by atoms with van der Waals surface area (Å²) < 4.78 is 10.6. The van der Waals surface area contributed by atoms with Crippen LogP contribution in [0.25, 0.3) is 11.0 Å². The lowest BCUT2D eigenvalue weighted by atomic mass is 10.1. The maximum absolute atomic E-state index is 11.8. The average Bonchev–Trinajstić information content (AvgIpc) is 3.35. The van der Waals surface area contributed by atoms with Crippen molar-refractivity contribution >= 4 is 34.4 Å². The normalized spacial score (nSPS) is 22.3. The van der Waals surface area contributed by atoms with E-state index < -0.39 is 5.97 Å². The SMILES string of the molecule is CCc1[nH]c2nc(Oc3cncc(C(=O)OC)c3)nc(N3CCC4(N)CC4C3)c2c1Cl. The maximum Gasteiger partial charge on any atom is 0.339 e. The van der Waals surface area contributed by atoms with E-state index in [0.717, 1.165) is 49.2 Å². The lowest BCUT2D eigenvalue weighted by Gasteiger charge is -2.31. The minimum atomic E-state index is -0.498. The first-order valence-electron chi connectivity index (χ1n) is 10.2. The lowest BCUT2D eigenvalue weighted by molar-refractivity contribution is 0.0600. The number of halogens is 1. The van der Waals surface area contributed by atoms with Crippen molar-refractivity contribution < 1.29 is 14.3 Å². The van der Waals surface area contributed by atoms with E-state index >= 15 is 0 Å². The summed E-state index contributed by atoms with van der Waals surface area (Å²) in [5.74, 6) is 1.03. The topological polar surface area (TPSA) is 119 Å². The molecule has 0 aromatic carbocycles. The monoisotopic (exact) mass is 442 g/mol. The summed E-state index contributed by atoms with van der Waals surface area (Å²) in [5.41, 5.74) is 8.14. The highest BCUT2D eigenvalue weighted by Crippen LogP contribution is 2.49. The Morgan fingerprint density at radius 3 is 3.00 bits per heavy atom. The zero-order valence-electron chi connectivity index (χ0n) is 17.3. The number of aromatic amines is 1. The first-order chi connectivity index (χ1) is 14.9. The van der Waals surface area contributed by atoms with Crippen molar-refractivity contribution in [2.24, 2.45) is 11.7 Å². The number of pyridine rings is 1. The van der Waals surface area contributed by atoms with Gasteiger partial charge < -0.3 is 25.1 Å². The second-order valence-corrected chi connectivity index (χ2v) is 8.54. The molecule has 1 aliphatic carbocycles. The van der Waals surface area contributed by atoms with Crippen LogP contribution in [0.15, 0.2) is 18.5 Å². The quantitative estimate of drug-likeness (QED) is 0.578. The van der Waals surface area contributed by atoms with Crippen molar-refractivity contribution in [3.05, 3.63) is 34.7 Å². The number of fused-ring (bicyclic) bond motifs is 2. The standard InChI is InChI=1S/C21H23ClN6O3/c1-3-14-16(22)15-17(25-14)26-20(31-13-6-11(8-24-9-13)19(29)30-2)27-18(15)28-5-4-21(23)7-12(21)10-28/h6,8-9,12H,3-5,7,10,23H2,1-2H3,(H,25,26,27). The number of aromatic nitrogens is 4. The van der Waals surface area contributed by atoms with Gasteiger partial charge in [-0.15, -0.1) is 0 Å². The molecule has 4 heterocycles. The third kappa shape index (κ3) is 3.47. The number of hydrogen-bond acceptors (Lipinski definition) is 8. The fourth-order valence-corrected chi connectivity index (χ4v) is 4.60. The first kappa shape index (κ1) is 20.0. The Morgan fingerprint density at radius 2 is 2.26 bits per heavy atom. The van der Waals surface area contributed by atoms with E-state index in [2.05, 4.69) is 19.9 Å². The zero-order valence-corrected chi connectivity index (χ0v) is 18.1. The number of nitrogens with two attached hydrogens (primary N) is 1. The molecule has 1 saturated carbocycles. The molecule has 5 rings (SSSR count). The second kappa shape index (κ2) is 7.35. The average molecular weight is 443 g/mol. The van der Waals surface area contributed by atoms with Gasteiger partial charge in [0.15, 0.2) is 0 Å². The highest BCUT2D eigenvalue weighted by Gasteiger charge is 2.54. The highest BCUT2D eigenvalue weighted by molar-refractivity contribution is 6.37. The summed E-state index contributed by atoms with van der Waals surface area (Å²) in [6, 6.07) is 1.69. The van der Waals surface area contributed by atoms with Gasteiger partial charge in [0.2, 0.25) is 0 Å². The van der Waals surface area contributed by atoms with Gasteiger partial charge in [-0.3, -0.25) is 4.98 Å². The van der Waals surface area contributed by atoms with Crippen LogP contribution in [0.5, 0.6) is 11.8 Å². The number of aryl methyl sites for hydroxylation is 1. The highest BCUT2D eigenvalue weighted by atomic mass is 35.5. The molecule has 0 spiro atoms. The van der Waals surface area contributed by atoms with Crippen LogP contribution in [-0.2, 0) is 11.2 Å².